The zero-order valence-electron chi connectivity index (χ0n) is 13.6. The molecule has 1 aromatic rings. The summed E-state index contributed by atoms with van der Waals surface area (Å²) in [6.07, 6.45) is 5.60. The first kappa shape index (κ1) is 16.3. The Kier molecular flexibility index (Phi) is 5.65. The van der Waals surface area contributed by atoms with Crippen molar-refractivity contribution in [2.75, 3.05) is 13.2 Å². The molecular weight excluding hydrogens is 262 g/mol. The smallest absolute Gasteiger partial charge is 0.122 e. The SMILES string of the molecule is Cc1cccc(OCCCCC(C)(CO)NC2CC2)c1C. The lowest BCUT2D eigenvalue weighted by Gasteiger charge is -2.29. The first-order valence-corrected chi connectivity index (χ1v) is 8.12. The van der Waals surface area contributed by atoms with E-state index in [9.17, 15) is 5.11 Å². The Bertz CT molecular complexity index is 457. The van der Waals surface area contributed by atoms with E-state index in [2.05, 4.69) is 32.2 Å². The molecule has 2 N–H and O–H groups in total. The van der Waals surface area contributed by atoms with Crippen LogP contribution in [0.3, 0.4) is 0 Å². The summed E-state index contributed by atoms with van der Waals surface area (Å²) in [5.41, 5.74) is 2.38. The molecule has 0 heterocycles. The summed E-state index contributed by atoms with van der Waals surface area (Å²) in [7, 11) is 0. The van der Waals surface area contributed by atoms with E-state index in [1.165, 1.54) is 24.0 Å². The van der Waals surface area contributed by atoms with Crippen molar-refractivity contribution in [3.8, 4) is 5.75 Å². The molecule has 0 bridgehead atoms. The van der Waals surface area contributed by atoms with Crippen LogP contribution in [0.5, 0.6) is 5.75 Å². The molecule has 21 heavy (non-hydrogen) atoms. The van der Waals surface area contributed by atoms with E-state index < -0.39 is 0 Å². The first-order chi connectivity index (χ1) is 10.0. The van der Waals surface area contributed by atoms with E-state index in [0.717, 1.165) is 31.6 Å². The number of ether oxygens (including phenoxy) is 1. The summed E-state index contributed by atoms with van der Waals surface area (Å²) in [5, 5.41) is 13.1. The van der Waals surface area contributed by atoms with Crippen LogP contribution in [0.25, 0.3) is 0 Å². The van der Waals surface area contributed by atoms with Gasteiger partial charge in [0.15, 0.2) is 0 Å². The Morgan fingerprint density at radius 1 is 1.29 bits per heavy atom. The number of rotatable bonds is 9. The summed E-state index contributed by atoms with van der Waals surface area (Å²) in [6, 6.07) is 6.82. The highest BCUT2D eigenvalue weighted by molar-refractivity contribution is 5.38. The number of hydrogen-bond acceptors (Lipinski definition) is 3. The molecule has 0 spiro atoms. The van der Waals surface area contributed by atoms with Gasteiger partial charge in [0.2, 0.25) is 0 Å². The molecule has 0 aromatic heterocycles. The number of aliphatic hydroxyl groups excluding tert-OH is 1. The second kappa shape index (κ2) is 7.28. The Balaban J connectivity index is 1.68. The van der Waals surface area contributed by atoms with Crippen LogP contribution < -0.4 is 10.1 Å². The van der Waals surface area contributed by atoms with Crippen molar-refractivity contribution in [3.63, 3.8) is 0 Å². The van der Waals surface area contributed by atoms with Gasteiger partial charge in [0.25, 0.3) is 0 Å². The van der Waals surface area contributed by atoms with Crippen LogP contribution in [0.2, 0.25) is 0 Å². The van der Waals surface area contributed by atoms with E-state index in [0.29, 0.717) is 6.04 Å². The van der Waals surface area contributed by atoms with Crippen molar-refractivity contribution < 1.29 is 9.84 Å². The van der Waals surface area contributed by atoms with Gasteiger partial charge < -0.3 is 15.2 Å². The molecule has 1 unspecified atom stereocenters. The molecule has 1 fully saturated rings. The maximum Gasteiger partial charge on any atom is 0.122 e. The van der Waals surface area contributed by atoms with E-state index in [-0.39, 0.29) is 12.1 Å². The molecule has 1 atom stereocenters. The maximum atomic E-state index is 9.57. The van der Waals surface area contributed by atoms with Crippen molar-refractivity contribution in [3.05, 3.63) is 29.3 Å². The molecule has 2 rings (SSSR count). The van der Waals surface area contributed by atoms with Crippen molar-refractivity contribution in [1.29, 1.82) is 0 Å². The highest BCUT2D eigenvalue weighted by Gasteiger charge is 2.31. The second-order valence-corrected chi connectivity index (χ2v) is 6.64. The molecule has 118 valence electrons. The normalized spacial score (nSPS) is 17.5. The molecular formula is C18H29NO2. The molecule has 1 aliphatic rings. The van der Waals surface area contributed by atoms with Gasteiger partial charge in [-0.3, -0.25) is 0 Å². The van der Waals surface area contributed by atoms with Crippen LogP contribution in [-0.4, -0.2) is 29.9 Å². The molecule has 0 aliphatic heterocycles. The molecule has 0 radical (unpaired) electrons. The molecule has 1 aromatic carbocycles. The van der Waals surface area contributed by atoms with Crippen molar-refractivity contribution >= 4 is 0 Å². The minimum absolute atomic E-state index is 0.125. The van der Waals surface area contributed by atoms with Gasteiger partial charge in [0.1, 0.15) is 5.75 Å². The minimum Gasteiger partial charge on any atom is -0.493 e. The number of unbranched alkanes of at least 4 members (excludes halogenated alkanes) is 1. The zero-order valence-corrected chi connectivity index (χ0v) is 13.6. The molecule has 3 nitrogen and oxygen atoms in total. The van der Waals surface area contributed by atoms with Crippen LogP contribution in [0, 0.1) is 13.8 Å². The fraction of sp³-hybridized carbons (Fsp3) is 0.667. The third-order valence-corrected chi connectivity index (χ3v) is 4.41. The highest BCUT2D eigenvalue weighted by atomic mass is 16.5. The highest BCUT2D eigenvalue weighted by Crippen LogP contribution is 2.25. The van der Waals surface area contributed by atoms with Gasteiger partial charge in [-0.15, -0.1) is 0 Å². The monoisotopic (exact) mass is 291 g/mol. The van der Waals surface area contributed by atoms with Gasteiger partial charge in [0.05, 0.1) is 13.2 Å². The number of hydrogen-bond donors (Lipinski definition) is 2. The standard InChI is InChI=1S/C18H29NO2/c1-14-7-6-8-17(15(14)2)21-12-5-4-11-18(3,13-20)19-16-9-10-16/h6-8,16,19-20H,4-5,9-13H2,1-3H3. The summed E-state index contributed by atoms with van der Waals surface area (Å²) < 4.78 is 5.88. The number of benzene rings is 1. The van der Waals surface area contributed by atoms with E-state index in [1.54, 1.807) is 0 Å². The van der Waals surface area contributed by atoms with Gasteiger partial charge in [-0.05, 0) is 70.1 Å². The number of nitrogens with one attached hydrogen (secondary N) is 1. The lowest BCUT2D eigenvalue weighted by Crippen LogP contribution is -2.46. The van der Waals surface area contributed by atoms with E-state index >= 15 is 0 Å². The van der Waals surface area contributed by atoms with Gasteiger partial charge in [0, 0.05) is 11.6 Å². The van der Waals surface area contributed by atoms with Crippen molar-refractivity contribution in [2.24, 2.45) is 0 Å². The number of aryl methyl sites for hydroxylation is 1. The Morgan fingerprint density at radius 3 is 2.71 bits per heavy atom. The average Bonchev–Trinajstić information content (AvgIpc) is 3.27. The lowest BCUT2D eigenvalue weighted by molar-refractivity contribution is 0.158. The average molecular weight is 291 g/mol. The summed E-state index contributed by atoms with van der Waals surface area (Å²) >= 11 is 0. The quantitative estimate of drug-likeness (QED) is 0.686. The maximum absolute atomic E-state index is 9.57. The van der Waals surface area contributed by atoms with Gasteiger partial charge in [-0.2, -0.15) is 0 Å². The molecule has 1 aliphatic carbocycles. The van der Waals surface area contributed by atoms with Crippen LogP contribution in [-0.2, 0) is 0 Å². The van der Waals surface area contributed by atoms with E-state index in [4.69, 9.17) is 4.74 Å². The third kappa shape index (κ3) is 5.01. The third-order valence-electron chi connectivity index (χ3n) is 4.41. The first-order valence-electron chi connectivity index (χ1n) is 8.12. The van der Waals surface area contributed by atoms with Crippen molar-refractivity contribution in [2.45, 2.75) is 64.5 Å². The van der Waals surface area contributed by atoms with Crippen LogP contribution in [0.15, 0.2) is 18.2 Å². The fourth-order valence-electron chi connectivity index (χ4n) is 2.60. The van der Waals surface area contributed by atoms with Crippen LogP contribution >= 0.6 is 0 Å². The van der Waals surface area contributed by atoms with Gasteiger partial charge in [-0.25, -0.2) is 0 Å². The second-order valence-electron chi connectivity index (χ2n) is 6.64. The predicted molar refractivity (Wildman–Crippen MR) is 86.9 cm³/mol. The lowest BCUT2D eigenvalue weighted by atomic mass is 9.95. The Labute approximate surface area is 128 Å². The van der Waals surface area contributed by atoms with Crippen LogP contribution in [0.1, 0.15) is 50.2 Å². The molecule has 1 saturated carbocycles. The fourth-order valence-corrected chi connectivity index (χ4v) is 2.60. The summed E-state index contributed by atoms with van der Waals surface area (Å²) in [5.74, 6) is 0.996. The van der Waals surface area contributed by atoms with E-state index in [1.807, 2.05) is 12.1 Å². The summed E-state index contributed by atoms with van der Waals surface area (Å²) in [6.45, 7) is 7.29. The zero-order chi connectivity index (χ0) is 15.3. The Morgan fingerprint density at radius 2 is 2.05 bits per heavy atom. The van der Waals surface area contributed by atoms with Crippen molar-refractivity contribution in [1.82, 2.24) is 5.32 Å². The topological polar surface area (TPSA) is 41.5 Å². The van der Waals surface area contributed by atoms with Crippen LogP contribution in [0.4, 0.5) is 0 Å². The number of aliphatic hydroxyl groups is 1. The predicted octanol–water partition coefficient (Wildman–Crippen LogP) is 3.36. The molecule has 0 amide bonds. The minimum atomic E-state index is -0.125. The molecule has 3 heteroatoms. The molecule has 0 saturated heterocycles. The summed E-state index contributed by atoms with van der Waals surface area (Å²) in [4.78, 5) is 0. The Hall–Kier alpha value is -1.06. The van der Waals surface area contributed by atoms with Gasteiger partial charge >= 0.3 is 0 Å². The largest absolute Gasteiger partial charge is 0.493 e. The van der Waals surface area contributed by atoms with Gasteiger partial charge in [-0.1, -0.05) is 12.1 Å².